The Morgan fingerprint density at radius 3 is 2.73 bits per heavy atom. The van der Waals surface area contributed by atoms with Gasteiger partial charge in [-0.3, -0.25) is 4.79 Å². The van der Waals surface area contributed by atoms with Gasteiger partial charge in [0.1, 0.15) is 11.6 Å². The Hall–Kier alpha value is -2.62. The van der Waals surface area contributed by atoms with Crippen LogP contribution in [0, 0.1) is 5.82 Å². The van der Waals surface area contributed by atoms with Crippen molar-refractivity contribution in [2.45, 2.75) is 13.0 Å². The molecule has 0 aliphatic carbocycles. The zero-order valence-electron chi connectivity index (χ0n) is 12.5. The first-order valence-corrected chi connectivity index (χ1v) is 6.97. The summed E-state index contributed by atoms with van der Waals surface area (Å²) in [5.74, 6) is 0.150. The van der Waals surface area contributed by atoms with E-state index in [1.165, 1.54) is 18.2 Å². The number of para-hydroxylation sites is 1. The maximum atomic E-state index is 13.1. The van der Waals surface area contributed by atoms with Gasteiger partial charge in [-0.15, -0.1) is 0 Å². The minimum absolute atomic E-state index is 0.194. The number of methoxy groups -OCH3 is 1. The van der Waals surface area contributed by atoms with Crippen LogP contribution in [-0.4, -0.2) is 13.0 Å². The minimum Gasteiger partial charge on any atom is -0.496 e. The number of carbonyl (C=O) groups is 1. The van der Waals surface area contributed by atoms with E-state index in [2.05, 4.69) is 5.32 Å². The first-order chi connectivity index (χ1) is 10.6. The molecule has 1 amide bonds. The van der Waals surface area contributed by atoms with Gasteiger partial charge < -0.3 is 10.1 Å². The molecule has 0 spiro atoms. The number of ether oxygens (including phenoxy) is 1. The van der Waals surface area contributed by atoms with Crippen molar-refractivity contribution in [3.63, 3.8) is 0 Å². The van der Waals surface area contributed by atoms with Crippen LogP contribution in [0.4, 0.5) is 4.39 Å². The van der Waals surface area contributed by atoms with E-state index in [0.29, 0.717) is 5.56 Å². The molecule has 0 aromatic heterocycles. The average molecular weight is 299 g/mol. The van der Waals surface area contributed by atoms with Crippen molar-refractivity contribution < 1.29 is 13.9 Å². The molecule has 0 aliphatic rings. The third-order valence-corrected chi connectivity index (χ3v) is 3.24. The normalized spacial score (nSPS) is 12.1. The molecular weight excluding hydrogens is 281 g/mol. The van der Waals surface area contributed by atoms with Gasteiger partial charge in [0.25, 0.3) is 0 Å². The first-order valence-electron chi connectivity index (χ1n) is 6.97. The number of hydrogen-bond acceptors (Lipinski definition) is 2. The van der Waals surface area contributed by atoms with Crippen LogP contribution < -0.4 is 10.1 Å². The van der Waals surface area contributed by atoms with E-state index in [1.807, 2.05) is 31.2 Å². The Kier molecular flexibility index (Phi) is 5.31. The van der Waals surface area contributed by atoms with Gasteiger partial charge in [-0.1, -0.05) is 30.3 Å². The molecule has 0 fully saturated rings. The zero-order chi connectivity index (χ0) is 15.9. The Morgan fingerprint density at radius 1 is 1.23 bits per heavy atom. The van der Waals surface area contributed by atoms with Gasteiger partial charge in [-0.25, -0.2) is 4.39 Å². The van der Waals surface area contributed by atoms with Crippen molar-refractivity contribution in [3.05, 3.63) is 71.6 Å². The maximum Gasteiger partial charge on any atom is 0.244 e. The van der Waals surface area contributed by atoms with Crippen molar-refractivity contribution in [3.8, 4) is 5.75 Å². The highest BCUT2D eigenvalue weighted by molar-refractivity contribution is 5.92. The lowest BCUT2D eigenvalue weighted by molar-refractivity contribution is -0.117. The van der Waals surface area contributed by atoms with Gasteiger partial charge in [0, 0.05) is 11.6 Å². The molecule has 0 bridgehead atoms. The highest BCUT2D eigenvalue weighted by atomic mass is 19.1. The smallest absolute Gasteiger partial charge is 0.244 e. The summed E-state index contributed by atoms with van der Waals surface area (Å²) in [6, 6.07) is 13.4. The number of benzene rings is 2. The Balaban J connectivity index is 2.02. The summed E-state index contributed by atoms with van der Waals surface area (Å²) in [6.45, 7) is 1.88. The second-order valence-corrected chi connectivity index (χ2v) is 4.86. The molecule has 2 rings (SSSR count). The summed E-state index contributed by atoms with van der Waals surface area (Å²) >= 11 is 0. The fourth-order valence-corrected chi connectivity index (χ4v) is 2.15. The third kappa shape index (κ3) is 4.19. The predicted molar refractivity (Wildman–Crippen MR) is 85.0 cm³/mol. The molecular formula is C18H18FNO2. The van der Waals surface area contributed by atoms with E-state index in [-0.39, 0.29) is 17.8 Å². The summed E-state index contributed by atoms with van der Waals surface area (Å²) in [7, 11) is 1.59. The Morgan fingerprint density at radius 2 is 2.00 bits per heavy atom. The monoisotopic (exact) mass is 299 g/mol. The highest BCUT2D eigenvalue weighted by Crippen LogP contribution is 2.24. The summed E-state index contributed by atoms with van der Waals surface area (Å²) < 4.78 is 18.3. The topological polar surface area (TPSA) is 38.3 Å². The van der Waals surface area contributed by atoms with Crippen molar-refractivity contribution in [2.24, 2.45) is 0 Å². The molecule has 1 N–H and O–H groups in total. The average Bonchev–Trinajstić information content (AvgIpc) is 2.53. The lowest BCUT2D eigenvalue weighted by atomic mass is 10.1. The molecule has 2 aromatic carbocycles. The van der Waals surface area contributed by atoms with Crippen molar-refractivity contribution in [1.29, 1.82) is 0 Å². The van der Waals surface area contributed by atoms with Gasteiger partial charge in [-0.05, 0) is 36.8 Å². The van der Waals surface area contributed by atoms with E-state index < -0.39 is 0 Å². The molecule has 114 valence electrons. The number of nitrogens with one attached hydrogen (secondary N) is 1. The Bertz CT molecular complexity index is 682. The molecule has 3 nitrogen and oxygen atoms in total. The van der Waals surface area contributed by atoms with Gasteiger partial charge in [0.2, 0.25) is 5.91 Å². The maximum absolute atomic E-state index is 13.1. The van der Waals surface area contributed by atoms with Crippen LogP contribution in [0.3, 0.4) is 0 Å². The summed E-state index contributed by atoms with van der Waals surface area (Å²) in [4.78, 5) is 12.0. The number of hydrogen-bond donors (Lipinski definition) is 1. The Labute approximate surface area is 129 Å². The predicted octanol–water partition coefficient (Wildman–Crippen LogP) is 3.72. The molecule has 1 atom stereocenters. The van der Waals surface area contributed by atoms with E-state index in [0.717, 1.165) is 11.3 Å². The standard InChI is InChI=1S/C18H18FNO2/c1-13(16-8-3-4-9-17(16)22-2)20-18(21)11-10-14-6-5-7-15(19)12-14/h3-13H,1-2H3,(H,20,21)/b11-10+/t13-/m0/s1. The lowest BCUT2D eigenvalue weighted by Gasteiger charge is -2.16. The largest absolute Gasteiger partial charge is 0.496 e. The fourth-order valence-electron chi connectivity index (χ4n) is 2.15. The van der Waals surface area contributed by atoms with E-state index in [1.54, 1.807) is 25.3 Å². The minimum atomic E-state index is -0.329. The van der Waals surface area contributed by atoms with Crippen molar-refractivity contribution >= 4 is 12.0 Å². The quantitative estimate of drug-likeness (QED) is 0.854. The highest BCUT2D eigenvalue weighted by Gasteiger charge is 2.11. The molecule has 0 radical (unpaired) electrons. The van der Waals surface area contributed by atoms with Crippen LogP contribution >= 0.6 is 0 Å². The molecule has 0 saturated carbocycles. The van der Waals surface area contributed by atoms with E-state index in [4.69, 9.17) is 4.74 Å². The first kappa shape index (κ1) is 15.8. The van der Waals surface area contributed by atoms with Crippen LogP contribution in [-0.2, 0) is 4.79 Å². The van der Waals surface area contributed by atoms with E-state index >= 15 is 0 Å². The molecule has 22 heavy (non-hydrogen) atoms. The molecule has 0 heterocycles. The molecule has 0 aliphatic heterocycles. The van der Waals surface area contributed by atoms with Crippen LogP contribution in [0.5, 0.6) is 5.75 Å². The summed E-state index contributed by atoms with van der Waals surface area (Å²) in [6.07, 6.45) is 2.97. The second-order valence-electron chi connectivity index (χ2n) is 4.86. The van der Waals surface area contributed by atoms with Crippen molar-refractivity contribution in [2.75, 3.05) is 7.11 Å². The van der Waals surface area contributed by atoms with Gasteiger partial charge in [-0.2, -0.15) is 0 Å². The number of rotatable bonds is 5. The lowest BCUT2D eigenvalue weighted by Crippen LogP contribution is -2.24. The third-order valence-electron chi connectivity index (χ3n) is 3.24. The molecule has 4 heteroatoms. The molecule has 2 aromatic rings. The fraction of sp³-hybridized carbons (Fsp3) is 0.167. The van der Waals surface area contributed by atoms with Gasteiger partial charge in [0.15, 0.2) is 0 Å². The van der Waals surface area contributed by atoms with Gasteiger partial charge in [0.05, 0.1) is 13.2 Å². The zero-order valence-corrected chi connectivity index (χ0v) is 12.5. The van der Waals surface area contributed by atoms with Crippen LogP contribution in [0.15, 0.2) is 54.6 Å². The number of carbonyl (C=O) groups excluding carboxylic acids is 1. The SMILES string of the molecule is COc1ccccc1[C@H](C)NC(=O)/C=C/c1cccc(F)c1. The number of halogens is 1. The summed E-state index contributed by atoms with van der Waals surface area (Å²) in [5.41, 5.74) is 1.54. The second kappa shape index (κ2) is 7.41. The summed E-state index contributed by atoms with van der Waals surface area (Å²) in [5, 5.41) is 2.86. The van der Waals surface area contributed by atoms with Gasteiger partial charge >= 0.3 is 0 Å². The van der Waals surface area contributed by atoms with Crippen LogP contribution in [0.25, 0.3) is 6.08 Å². The van der Waals surface area contributed by atoms with E-state index in [9.17, 15) is 9.18 Å². The van der Waals surface area contributed by atoms with Crippen LogP contribution in [0.1, 0.15) is 24.1 Å². The molecule has 0 saturated heterocycles. The van der Waals surface area contributed by atoms with Crippen LogP contribution in [0.2, 0.25) is 0 Å². The molecule has 0 unspecified atom stereocenters. The van der Waals surface area contributed by atoms with Crippen molar-refractivity contribution in [1.82, 2.24) is 5.32 Å². The number of amides is 1.